The Balaban J connectivity index is 2.56. The minimum atomic E-state index is 0.950. The highest BCUT2D eigenvalue weighted by Crippen LogP contribution is 2.10. The molecule has 0 saturated heterocycles. The van der Waals surface area contributed by atoms with E-state index in [4.69, 9.17) is 0 Å². The van der Waals surface area contributed by atoms with E-state index in [2.05, 4.69) is 24.1 Å². The summed E-state index contributed by atoms with van der Waals surface area (Å²) in [6.45, 7) is 8.35. The van der Waals surface area contributed by atoms with Crippen molar-refractivity contribution in [3.8, 4) is 0 Å². The van der Waals surface area contributed by atoms with Crippen molar-refractivity contribution in [1.82, 2.24) is 4.90 Å². The molecule has 0 aromatic rings. The summed E-state index contributed by atoms with van der Waals surface area (Å²) in [6, 6.07) is 0. The van der Waals surface area contributed by atoms with Gasteiger partial charge in [-0.05, 0) is 24.3 Å². The molecule has 0 atom stereocenters. The van der Waals surface area contributed by atoms with Crippen LogP contribution in [0.3, 0.4) is 0 Å². The van der Waals surface area contributed by atoms with Crippen LogP contribution < -0.4 is 0 Å². The van der Waals surface area contributed by atoms with Gasteiger partial charge in [-0.1, -0.05) is 18.7 Å². The molecule has 0 aromatic carbocycles. The predicted octanol–water partition coefficient (Wildman–Crippen LogP) is 2.46. The molecule has 11 heavy (non-hydrogen) atoms. The SMILES string of the molecule is C=CCC1=CC=CN(C=C)C1. The van der Waals surface area contributed by atoms with Gasteiger partial charge >= 0.3 is 0 Å². The third-order valence-electron chi connectivity index (χ3n) is 1.64. The zero-order chi connectivity index (χ0) is 8.10. The highest BCUT2D eigenvalue weighted by Gasteiger charge is 2.01. The first-order valence-electron chi connectivity index (χ1n) is 3.72. The zero-order valence-corrected chi connectivity index (χ0v) is 6.66. The van der Waals surface area contributed by atoms with Gasteiger partial charge in [0.1, 0.15) is 0 Å². The standard InChI is InChI=1S/C10H13N/c1-3-6-10-7-5-8-11(4-2)9-10/h3-5,7-8H,1-2,6,9H2. The van der Waals surface area contributed by atoms with Crippen LogP contribution in [0, 0.1) is 0 Å². The van der Waals surface area contributed by atoms with Gasteiger partial charge in [-0.15, -0.1) is 6.58 Å². The number of nitrogens with zero attached hydrogens (tertiary/aromatic N) is 1. The molecule has 1 heteroatoms. The molecule has 1 aliphatic rings. The third-order valence-corrected chi connectivity index (χ3v) is 1.64. The van der Waals surface area contributed by atoms with Crippen LogP contribution in [0.5, 0.6) is 0 Å². The fourth-order valence-electron chi connectivity index (χ4n) is 1.07. The first kappa shape index (κ1) is 7.86. The van der Waals surface area contributed by atoms with Gasteiger partial charge in [0, 0.05) is 12.7 Å². The van der Waals surface area contributed by atoms with E-state index in [1.165, 1.54) is 5.57 Å². The lowest BCUT2D eigenvalue weighted by Gasteiger charge is -2.19. The molecule has 1 heterocycles. The van der Waals surface area contributed by atoms with Crippen LogP contribution in [0.2, 0.25) is 0 Å². The lowest BCUT2D eigenvalue weighted by atomic mass is 10.1. The number of allylic oxidation sites excluding steroid dienone is 3. The molecule has 0 spiro atoms. The van der Waals surface area contributed by atoms with Crippen LogP contribution in [0.25, 0.3) is 0 Å². The van der Waals surface area contributed by atoms with Gasteiger partial charge in [0.2, 0.25) is 0 Å². The second kappa shape index (κ2) is 3.81. The molecular weight excluding hydrogens is 134 g/mol. The summed E-state index contributed by atoms with van der Waals surface area (Å²) in [5.74, 6) is 0. The lowest BCUT2D eigenvalue weighted by molar-refractivity contribution is 0.540. The number of hydrogen-bond acceptors (Lipinski definition) is 1. The van der Waals surface area contributed by atoms with Gasteiger partial charge in [0.15, 0.2) is 0 Å². The highest BCUT2D eigenvalue weighted by atomic mass is 15.1. The zero-order valence-electron chi connectivity index (χ0n) is 6.66. The summed E-state index contributed by atoms with van der Waals surface area (Å²) in [6.07, 6.45) is 10.9. The topological polar surface area (TPSA) is 3.24 Å². The summed E-state index contributed by atoms with van der Waals surface area (Å²) >= 11 is 0. The van der Waals surface area contributed by atoms with Gasteiger partial charge < -0.3 is 4.90 Å². The first-order chi connectivity index (χ1) is 5.36. The molecule has 0 unspecified atom stereocenters. The Morgan fingerprint density at radius 3 is 3.00 bits per heavy atom. The maximum absolute atomic E-state index is 3.70. The number of rotatable bonds is 3. The molecule has 58 valence electrons. The van der Waals surface area contributed by atoms with E-state index in [9.17, 15) is 0 Å². The van der Waals surface area contributed by atoms with Gasteiger partial charge in [-0.3, -0.25) is 0 Å². The van der Waals surface area contributed by atoms with Gasteiger partial charge in [-0.25, -0.2) is 0 Å². The van der Waals surface area contributed by atoms with Crippen LogP contribution in [-0.2, 0) is 0 Å². The van der Waals surface area contributed by atoms with Crippen LogP contribution in [0.1, 0.15) is 6.42 Å². The normalized spacial score (nSPS) is 16.0. The molecule has 1 rings (SSSR count). The van der Waals surface area contributed by atoms with E-state index in [0.717, 1.165) is 13.0 Å². The summed E-state index contributed by atoms with van der Waals surface area (Å²) < 4.78 is 0. The molecular formula is C10H13N. The summed E-state index contributed by atoms with van der Waals surface area (Å²) in [4.78, 5) is 2.05. The van der Waals surface area contributed by atoms with Crippen LogP contribution in [0.15, 0.2) is 49.4 Å². The second-order valence-corrected chi connectivity index (χ2v) is 2.51. The minimum absolute atomic E-state index is 0.950. The second-order valence-electron chi connectivity index (χ2n) is 2.51. The molecule has 0 aliphatic carbocycles. The van der Waals surface area contributed by atoms with E-state index in [-0.39, 0.29) is 0 Å². The molecule has 0 N–H and O–H groups in total. The van der Waals surface area contributed by atoms with Crippen molar-refractivity contribution in [3.63, 3.8) is 0 Å². The van der Waals surface area contributed by atoms with Crippen LogP contribution in [-0.4, -0.2) is 11.4 Å². The van der Waals surface area contributed by atoms with E-state index >= 15 is 0 Å². The summed E-state index contributed by atoms with van der Waals surface area (Å²) in [5.41, 5.74) is 1.38. The van der Waals surface area contributed by atoms with E-state index < -0.39 is 0 Å². The molecule has 0 fully saturated rings. The van der Waals surface area contributed by atoms with Gasteiger partial charge in [0.05, 0.1) is 0 Å². The predicted molar refractivity (Wildman–Crippen MR) is 48.9 cm³/mol. The van der Waals surface area contributed by atoms with Crippen molar-refractivity contribution < 1.29 is 0 Å². The van der Waals surface area contributed by atoms with Gasteiger partial charge in [0.25, 0.3) is 0 Å². The molecule has 0 amide bonds. The van der Waals surface area contributed by atoms with E-state index in [1.54, 1.807) is 0 Å². The third kappa shape index (κ3) is 2.11. The summed E-state index contributed by atoms with van der Waals surface area (Å²) in [5, 5.41) is 0. The summed E-state index contributed by atoms with van der Waals surface area (Å²) in [7, 11) is 0. The van der Waals surface area contributed by atoms with Crippen molar-refractivity contribution in [1.29, 1.82) is 0 Å². The van der Waals surface area contributed by atoms with Crippen LogP contribution in [0.4, 0.5) is 0 Å². The average Bonchev–Trinajstić information content (AvgIpc) is 2.06. The molecule has 0 radical (unpaired) electrons. The Morgan fingerprint density at radius 2 is 2.36 bits per heavy atom. The minimum Gasteiger partial charge on any atom is -0.351 e. The Morgan fingerprint density at radius 1 is 1.55 bits per heavy atom. The molecule has 1 nitrogen and oxygen atoms in total. The Bertz CT molecular complexity index is 211. The lowest BCUT2D eigenvalue weighted by Crippen LogP contribution is -2.14. The van der Waals surface area contributed by atoms with Crippen molar-refractivity contribution >= 4 is 0 Å². The van der Waals surface area contributed by atoms with Gasteiger partial charge in [-0.2, -0.15) is 0 Å². The Hall–Kier alpha value is -1.24. The maximum Gasteiger partial charge on any atom is 0.0435 e. The highest BCUT2D eigenvalue weighted by molar-refractivity contribution is 5.21. The van der Waals surface area contributed by atoms with Crippen molar-refractivity contribution in [2.45, 2.75) is 6.42 Å². The van der Waals surface area contributed by atoms with E-state index in [1.807, 2.05) is 24.6 Å². The molecule has 0 bridgehead atoms. The average molecular weight is 147 g/mol. The molecule has 1 aliphatic heterocycles. The Kier molecular flexibility index (Phi) is 2.73. The Labute approximate surface area is 68.0 Å². The quantitative estimate of drug-likeness (QED) is 0.554. The van der Waals surface area contributed by atoms with Crippen molar-refractivity contribution in [3.05, 3.63) is 49.4 Å². The van der Waals surface area contributed by atoms with Crippen molar-refractivity contribution in [2.24, 2.45) is 0 Å². The molecule has 0 saturated carbocycles. The first-order valence-corrected chi connectivity index (χ1v) is 3.72. The monoisotopic (exact) mass is 147 g/mol. The fourth-order valence-corrected chi connectivity index (χ4v) is 1.07. The largest absolute Gasteiger partial charge is 0.351 e. The van der Waals surface area contributed by atoms with E-state index in [0.29, 0.717) is 0 Å². The fraction of sp³-hybridized carbons (Fsp3) is 0.200. The van der Waals surface area contributed by atoms with Crippen molar-refractivity contribution in [2.75, 3.05) is 6.54 Å². The number of hydrogen-bond donors (Lipinski definition) is 0. The smallest absolute Gasteiger partial charge is 0.0435 e. The van der Waals surface area contributed by atoms with Crippen LogP contribution >= 0.6 is 0 Å². The molecule has 0 aromatic heterocycles. The maximum atomic E-state index is 3.70.